The van der Waals surface area contributed by atoms with Crippen molar-refractivity contribution in [2.45, 2.75) is 77.6 Å². The highest BCUT2D eigenvalue weighted by atomic mass is 16.4. The molecule has 0 saturated heterocycles. The molecule has 0 radical (unpaired) electrons. The quantitative estimate of drug-likeness (QED) is 0.713. The molecule has 5 atom stereocenters. The third-order valence-corrected chi connectivity index (χ3v) is 8.06. The van der Waals surface area contributed by atoms with Gasteiger partial charge in [-0.1, -0.05) is 25.0 Å². The van der Waals surface area contributed by atoms with Gasteiger partial charge in [0.15, 0.2) is 0 Å². The lowest BCUT2D eigenvalue weighted by Gasteiger charge is -2.58. The maximum atomic E-state index is 11.4. The lowest BCUT2D eigenvalue weighted by atomic mass is 9.47. The van der Waals surface area contributed by atoms with Crippen LogP contribution in [0.1, 0.15) is 77.6 Å². The molecule has 0 bridgehead atoms. The molecule has 0 amide bonds. The molecule has 122 valence electrons. The van der Waals surface area contributed by atoms with Crippen molar-refractivity contribution < 1.29 is 9.90 Å². The zero-order valence-corrected chi connectivity index (χ0v) is 13.9. The Morgan fingerprint density at radius 1 is 1.18 bits per heavy atom. The molecule has 4 rings (SSSR count). The Bertz CT molecular complexity index is 508. The summed E-state index contributed by atoms with van der Waals surface area (Å²) in [6.07, 6.45) is 15.8. The first kappa shape index (κ1) is 14.8. The Labute approximate surface area is 134 Å². The summed E-state index contributed by atoms with van der Waals surface area (Å²) < 4.78 is 0. The Morgan fingerprint density at radius 2 is 2.05 bits per heavy atom. The maximum absolute atomic E-state index is 11.4. The van der Waals surface area contributed by atoms with E-state index in [2.05, 4.69) is 13.0 Å². The van der Waals surface area contributed by atoms with Crippen molar-refractivity contribution in [3.05, 3.63) is 11.6 Å². The first-order valence-electron chi connectivity index (χ1n) is 9.46. The van der Waals surface area contributed by atoms with Gasteiger partial charge in [0.25, 0.3) is 0 Å². The molecule has 4 aliphatic carbocycles. The number of hydrogen-bond acceptors (Lipinski definition) is 1. The second kappa shape index (κ2) is 5.11. The molecule has 4 aliphatic rings. The van der Waals surface area contributed by atoms with Gasteiger partial charge in [-0.25, -0.2) is 0 Å². The normalized spacial score (nSPS) is 47.1. The van der Waals surface area contributed by atoms with Crippen molar-refractivity contribution in [3.8, 4) is 0 Å². The number of rotatable bonds is 2. The van der Waals surface area contributed by atoms with Gasteiger partial charge in [-0.05, 0) is 86.4 Å². The van der Waals surface area contributed by atoms with Crippen molar-refractivity contribution >= 4 is 5.97 Å². The molecular formula is C20H30O2. The summed E-state index contributed by atoms with van der Waals surface area (Å²) in [6.45, 7) is 2.54. The molecular weight excluding hydrogens is 272 g/mol. The van der Waals surface area contributed by atoms with E-state index in [1.54, 1.807) is 5.57 Å². The zero-order valence-electron chi connectivity index (χ0n) is 13.9. The number of allylic oxidation sites excluding steroid dienone is 2. The summed E-state index contributed by atoms with van der Waals surface area (Å²) >= 11 is 0. The van der Waals surface area contributed by atoms with Gasteiger partial charge in [0, 0.05) is 0 Å². The fraction of sp³-hybridized carbons (Fsp3) is 0.850. The van der Waals surface area contributed by atoms with Gasteiger partial charge in [0.1, 0.15) is 0 Å². The molecule has 2 nitrogen and oxygen atoms in total. The SMILES string of the molecule is C[C@]12CCCC=C1CC[C@H]1[C@@H]3CCC[C@@]3(CC(=O)O)CC[C@@H]12. The molecule has 3 fully saturated rings. The van der Waals surface area contributed by atoms with Crippen LogP contribution in [0.15, 0.2) is 11.6 Å². The van der Waals surface area contributed by atoms with Crippen molar-refractivity contribution in [3.63, 3.8) is 0 Å². The minimum absolute atomic E-state index is 0.152. The third-order valence-electron chi connectivity index (χ3n) is 8.06. The molecule has 0 spiro atoms. The smallest absolute Gasteiger partial charge is 0.303 e. The molecule has 0 unspecified atom stereocenters. The second-order valence-corrected chi connectivity index (χ2v) is 8.82. The Kier molecular flexibility index (Phi) is 3.43. The standard InChI is InChI=1S/C20H30O2/c1-19-10-3-2-5-14(19)7-8-15-16(19)9-12-20(13-18(21)22)11-4-6-17(15)20/h5,15-17H,2-4,6-13H2,1H3,(H,21,22)/t15-,16+,17+,19+,20+/m1/s1. The average molecular weight is 302 g/mol. The summed E-state index contributed by atoms with van der Waals surface area (Å²) in [4.78, 5) is 11.4. The fourth-order valence-electron chi connectivity index (χ4n) is 7.16. The van der Waals surface area contributed by atoms with Crippen molar-refractivity contribution in [2.75, 3.05) is 0 Å². The van der Waals surface area contributed by atoms with Gasteiger partial charge in [-0.15, -0.1) is 0 Å². The first-order chi connectivity index (χ1) is 10.6. The van der Waals surface area contributed by atoms with Crippen LogP contribution in [0.25, 0.3) is 0 Å². The fourth-order valence-corrected chi connectivity index (χ4v) is 7.16. The minimum Gasteiger partial charge on any atom is -0.481 e. The first-order valence-corrected chi connectivity index (χ1v) is 9.46. The minimum atomic E-state index is -0.564. The number of aliphatic carboxylic acids is 1. The van der Waals surface area contributed by atoms with E-state index < -0.39 is 5.97 Å². The molecule has 0 aromatic heterocycles. The highest BCUT2D eigenvalue weighted by Crippen LogP contribution is 2.66. The van der Waals surface area contributed by atoms with Crippen LogP contribution in [0, 0.1) is 28.6 Å². The van der Waals surface area contributed by atoms with Crippen molar-refractivity contribution in [1.82, 2.24) is 0 Å². The van der Waals surface area contributed by atoms with Gasteiger partial charge in [-0.3, -0.25) is 4.79 Å². The van der Waals surface area contributed by atoms with E-state index in [0.29, 0.717) is 17.8 Å². The number of carboxylic acids is 1. The predicted molar refractivity (Wildman–Crippen MR) is 87.5 cm³/mol. The van der Waals surface area contributed by atoms with Crippen LogP contribution in [0.4, 0.5) is 0 Å². The van der Waals surface area contributed by atoms with Crippen LogP contribution < -0.4 is 0 Å². The van der Waals surface area contributed by atoms with Crippen LogP contribution in [0.5, 0.6) is 0 Å². The van der Waals surface area contributed by atoms with Crippen molar-refractivity contribution in [1.29, 1.82) is 0 Å². The summed E-state index contributed by atoms with van der Waals surface area (Å²) in [7, 11) is 0. The molecule has 1 N–H and O–H groups in total. The van der Waals surface area contributed by atoms with E-state index in [1.165, 1.54) is 64.2 Å². The number of carbonyl (C=O) groups is 1. The van der Waals surface area contributed by atoms with Crippen LogP contribution in [-0.2, 0) is 4.79 Å². The average Bonchev–Trinajstić information content (AvgIpc) is 2.89. The number of hydrogen-bond donors (Lipinski definition) is 1. The molecule has 2 heteroatoms. The molecule has 0 aromatic rings. The van der Waals surface area contributed by atoms with Crippen LogP contribution in [0.3, 0.4) is 0 Å². The molecule has 3 saturated carbocycles. The lowest BCUT2D eigenvalue weighted by Crippen LogP contribution is -2.50. The van der Waals surface area contributed by atoms with E-state index in [0.717, 1.165) is 11.8 Å². The summed E-state index contributed by atoms with van der Waals surface area (Å²) in [5.41, 5.74) is 2.35. The van der Waals surface area contributed by atoms with Crippen LogP contribution in [0.2, 0.25) is 0 Å². The molecule has 22 heavy (non-hydrogen) atoms. The van der Waals surface area contributed by atoms with Crippen LogP contribution >= 0.6 is 0 Å². The van der Waals surface area contributed by atoms with E-state index in [4.69, 9.17) is 0 Å². The highest BCUT2D eigenvalue weighted by Gasteiger charge is 2.57. The van der Waals surface area contributed by atoms with Crippen LogP contribution in [-0.4, -0.2) is 11.1 Å². The molecule has 0 aliphatic heterocycles. The lowest BCUT2D eigenvalue weighted by molar-refractivity contribution is -0.143. The monoisotopic (exact) mass is 302 g/mol. The molecule has 0 aromatic carbocycles. The van der Waals surface area contributed by atoms with E-state index in [9.17, 15) is 9.90 Å². The Morgan fingerprint density at radius 3 is 2.86 bits per heavy atom. The summed E-state index contributed by atoms with van der Waals surface area (Å²) in [6, 6.07) is 0. The largest absolute Gasteiger partial charge is 0.481 e. The van der Waals surface area contributed by atoms with Gasteiger partial charge < -0.3 is 5.11 Å². The van der Waals surface area contributed by atoms with Gasteiger partial charge in [-0.2, -0.15) is 0 Å². The third kappa shape index (κ3) is 2.02. The summed E-state index contributed by atoms with van der Waals surface area (Å²) in [5, 5.41) is 9.43. The van der Waals surface area contributed by atoms with Crippen molar-refractivity contribution in [2.24, 2.45) is 28.6 Å². The second-order valence-electron chi connectivity index (χ2n) is 8.82. The molecule has 0 heterocycles. The Hall–Kier alpha value is -0.790. The Balaban J connectivity index is 1.65. The predicted octanol–water partition coefficient (Wildman–Crippen LogP) is 5.18. The van der Waals surface area contributed by atoms with E-state index in [1.807, 2.05) is 0 Å². The van der Waals surface area contributed by atoms with Gasteiger partial charge in [0.05, 0.1) is 6.42 Å². The zero-order chi connectivity index (χ0) is 15.4. The number of carboxylic acid groups (broad SMARTS) is 1. The highest BCUT2D eigenvalue weighted by molar-refractivity contribution is 5.68. The van der Waals surface area contributed by atoms with Gasteiger partial charge >= 0.3 is 5.97 Å². The summed E-state index contributed by atoms with van der Waals surface area (Å²) in [5.74, 6) is 1.77. The number of fused-ring (bicyclic) bond motifs is 5. The topological polar surface area (TPSA) is 37.3 Å². The van der Waals surface area contributed by atoms with E-state index in [-0.39, 0.29) is 5.41 Å². The van der Waals surface area contributed by atoms with Gasteiger partial charge in [0.2, 0.25) is 0 Å². The maximum Gasteiger partial charge on any atom is 0.303 e. The van der Waals surface area contributed by atoms with E-state index >= 15 is 0 Å².